The minimum absolute atomic E-state index is 0.343. The van der Waals surface area contributed by atoms with E-state index < -0.39 is 24.4 Å². The number of anilines is 1. The Morgan fingerprint density at radius 1 is 0.933 bits per heavy atom. The summed E-state index contributed by atoms with van der Waals surface area (Å²) in [5, 5.41) is 7.07. The number of aromatic nitrogens is 2. The molecule has 8 nitrogen and oxygen atoms in total. The van der Waals surface area contributed by atoms with Crippen LogP contribution in [0.3, 0.4) is 0 Å². The normalized spacial score (nSPS) is 10.7. The number of fused-ring (bicyclic) bond motifs is 2. The summed E-state index contributed by atoms with van der Waals surface area (Å²) in [5.41, 5.74) is 2.17. The third kappa shape index (κ3) is 4.41. The van der Waals surface area contributed by atoms with Crippen LogP contribution >= 0.6 is 11.7 Å². The number of hydrogen-bond donors (Lipinski definition) is 2. The van der Waals surface area contributed by atoms with Gasteiger partial charge in [-0.3, -0.25) is 14.4 Å². The van der Waals surface area contributed by atoms with Gasteiger partial charge in [0.05, 0.1) is 17.4 Å². The predicted octanol–water partition coefficient (Wildman–Crippen LogP) is 2.76. The molecule has 4 rings (SSSR count). The second kappa shape index (κ2) is 8.66. The van der Waals surface area contributed by atoms with Crippen molar-refractivity contribution in [2.75, 3.05) is 18.5 Å². The number of amides is 2. The number of benzene rings is 3. The fourth-order valence-electron chi connectivity index (χ4n) is 2.88. The molecule has 0 unspecified atom stereocenters. The lowest BCUT2D eigenvalue weighted by atomic mass is 10.1. The Morgan fingerprint density at radius 2 is 1.77 bits per heavy atom. The molecule has 3 aromatic carbocycles. The van der Waals surface area contributed by atoms with Crippen LogP contribution in [-0.4, -0.2) is 39.7 Å². The van der Waals surface area contributed by atoms with E-state index in [0.29, 0.717) is 22.3 Å². The highest BCUT2D eigenvalue weighted by molar-refractivity contribution is 7.00. The second-order valence-corrected chi connectivity index (χ2v) is 6.92. The number of carbonyl (C=O) groups excluding carboxylic acids is 3. The zero-order chi connectivity index (χ0) is 20.9. The summed E-state index contributed by atoms with van der Waals surface area (Å²) in [7, 11) is 0. The first kappa shape index (κ1) is 19.5. The van der Waals surface area contributed by atoms with Gasteiger partial charge in [0, 0.05) is 5.56 Å². The Hall–Kier alpha value is -3.85. The van der Waals surface area contributed by atoms with Crippen LogP contribution in [0.5, 0.6) is 0 Å². The number of nitrogens with one attached hydrogen (secondary N) is 2. The van der Waals surface area contributed by atoms with Gasteiger partial charge in [0.2, 0.25) is 0 Å². The number of esters is 1. The standard InChI is InChI=1S/C21H16N4O4S/c26-18(23-16-6-3-7-17-20(16)25-30-24-17)12-29-19(27)11-22-21(28)15-9-8-13-4-1-2-5-14(13)10-15/h1-10H,11-12H2,(H,22,28)(H,23,26). The largest absolute Gasteiger partial charge is 0.454 e. The number of carbonyl (C=O) groups is 3. The van der Waals surface area contributed by atoms with Crippen LogP contribution in [0.25, 0.3) is 21.8 Å². The van der Waals surface area contributed by atoms with Gasteiger partial charge < -0.3 is 15.4 Å². The fourth-order valence-corrected chi connectivity index (χ4v) is 3.43. The highest BCUT2D eigenvalue weighted by Crippen LogP contribution is 2.21. The quantitative estimate of drug-likeness (QED) is 0.464. The Balaban J connectivity index is 1.26. The summed E-state index contributed by atoms with van der Waals surface area (Å²) in [6.07, 6.45) is 0. The van der Waals surface area contributed by atoms with Crippen molar-refractivity contribution in [2.45, 2.75) is 0 Å². The molecule has 0 atom stereocenters. The molecule has 0 radical (unpaired) electrons. The maximum Gasteiger partial charge on any atom is 0.325 e. The lowest BCUT2D eigenvalue weighted by Gasteiger charge is -2.08. The average molecular weight is 420 g/mol. The van der Waals surface area contributed by atoms with E-state index in [0.717, 1.165) is 22.5 Å². The molecule has 0 aliphatic heterocycles. The molecule has 2 amide bonds. The number of rotatable bonds is 6. The van der Waals surface area contributed by atoms with Gasteiger partial charge in [0.1, 0.15) is 17.6 Å². The van der Waals surface area contributed by atoms with Crippen LogP contribution in [0.1, 0.15) is 10.4 Å². The fraction of sp³-hybridized carbons (Fsp3) is 0.0952. The molecule has 0 saturated carbocycles. The summed E-state index contributed by atoms with van der Waals surface area (Å²) < 4.78 is 13.1. The minimum atomic E-state index is -0.715. The molecule has 1 aromatic heterocycles. The average Bonchev–Trinajstić information content (AvgIpc) is 3.25. The molecule has 0 aliphatic carbocycles. The van der Waals surface area contributed by atoms with E-state index in [1.165, 1.54) is 0 Å². The van der Waals surface area contributed by atoms with Crippen molar-refractivity contribution in [3.8, 4) is 0 Å². The predicted molar refractivity (Wildman–Crippen MR) is 113 cm³/mol. The third-order valence-electron chi connectivity index (χ3n) is 4.33. The van der Waals surface area contributed by atoms with Crippen molar-refractivity contribution < 1.29 is 19.1 Å². The van der Waals surface area contributed by atoms with Crippen LogP contribution in [0.4, 0.5) is 5.69 Å². The molecular weight excluding hydrogens is 404 g/mol. The molecular formula is C21H16N4O4S. The highest BCUT2D eigenvalue weighted by atomic mass is 32.1. The first-order chi connectivity index (χ1) is 14.6. The van der Waals surface area contributed by atoms with E-state index in [1.54, 1.807) is 30.3 Å². The molecule has 9 heteroatoms. The van der Waals surface area contributed by atoms with Crippen molar-refractivity contribution in [3.05, 3.63) is 66.2 Å². The van der Waals surface area contributed by atoms with Crippen molar-refractivity contribution in [3.63, 3.8) is 0 Å². The SMILES string of the molecule is O=C(COC(=O)CNC(=O)c1ccc2ccccc2c1)Nc1cccc2nsnc12. The van der Waals surface area contributed by atoms with Gasteiger partial charge in [-0.15, -0.1) is 0 Å². The van der Waals surface area contributed by atoms with Gasteiger partial charge in [0.25, 0.3) is 11.8 Å². The summed E-state index contributed by atoms with van der Waals surface area (Å²) in [6.45, 7) is -0.816. The smallest absolute Gasteiger partial charge is 0.325 e. The Bertz CT molecular complexity index is 1250. The first-order valence-electron chi connectivity index (χ1n) is 9.04. The second-order valence-electron chi connectivity index (χ2n) is 6.39. The summed E-state index contributed by atoms with van der Waals surface area (Å²) in [4.78, 5) is 36.2. The van der Waals surface area contributed by atoms with Crippen molar-refractivity contribution in [2.24, 2.45) is 0 Å². The molecule has 150 valence electrons. The molecule has 0 saturated heterocycles. The Labute approximate surface area is 175 Å². The molecule has 0 spiro atoms. The van der Waals surface area contributed by atoms with Crippen LogP contribution in [0.15, 0.2) is 60.7 Å². The van der Waals surface area contributed by atoms with E-state index >= 15 is 0 Å². The van der Waals surface area contributed by atoms with Crippen molar-refractivity contribution in [1.29, 1.82) is 0 Å². The van der Waals surface area contributed by atoms with Crippen molar-refractivity contribution >= 4 is 57.0 Å². The number of ether oxygens (including phenoxy) is 1. The molecule has 2 N–H and O–H groups in total. The Morgan fingerprint density at radius 3 is 2.63 bits per heavy atom. The van der Waals surface area contributed by atoms with Crippen LogP contribution in [0, 0.1) is 0 Å². The lowest BCUT2D eigenvalue weighted by molar-refractivity contribution is -0.146. The molecule has 30 heavy (non-hydrogen) atoms. The molecule has 1 heterocycles. The maximum atomic E-state index is 12.3. The van der Waals surface area contributed by atoms with Gasteiger partial charge in [-0.1, -0.05) is 36.4 Å². The lowest BCUT2D eigenvalue weighted by Crippen LogP contribution is -2.32. The van der Waals surface area contributed by atoms with E-state index in [4.69, 9.17) is 4.74 Å². The molecule has 4 aromatic rings. The highest BCUT2D eigenvalue weighted by Gasteiger charge is 2.13. The molecule has 0 aliphatic rings. The van der Waals surface area contributed by atoms with Gasteiger partial charge >= 0.3 is 5.97 Å². The van der Waals surface area contributed by atoms with Crippen molar-refractivity contribution in [1.82, 2.24) is 14.1 Å². The van der Waals surface area contributed by atoms with Gasteiger partial charge in [0.15, 0.2) is 6.61 Å². The number of nitrogens with zero attached hydrogens (tertiary/aromatic N) is 2. The summed E-state index contributed by atoms with van der Waals surface area (Å²) in [5.74, 6) is -1.62. The zero-order valence-electron chi connectivity index (χ0n) is 15.6. The topological polar surface area (TPSA) is 110 Å². The van der Waals surface area contributed by atoms with E-state index in [9.17, 15) is 14.4 Å². The van der Waals surface area contributed by atoms with Gasteiger partial charge in [-0.05, 0) is 35.0 Å². The molecule has 0 bridgehead atoms. The van der Waals surface area contributed by atoms with Gasteiger partial charge in [-0.2, -0.15) is 8.75 Å². The van der Waals surface area contributed by atoms with Crippen LogP contribution < -0.4 is 10.6 Å². The maximum absolute atomic E-state index is 12.3. The first-order valence-corrected chi connectivity index (χ1v) is 9.77. The molecule has 0 fully saturated rings. The van der Waals surface area contributed by atoms with E-state index in [2.05, 4.69) is 19.4 Å². The minimum Gasteiger partial charge on any atom is -0.454 e. The van der Waals surface area contributed by atoms with E-state index in [-0.39, 0.29) is 6.54 Å². The van der Waals surface area contributed by atoms with Crippen LogP contribution in [0.2, 0.25) is 0 Å². The van der Waals surface area contributed by atoms with E-state index in [1.807, 2.05) is 30.3 Å². The third-order valence-corrected chi connectivity index (χ3v) is 4.87. The van der Waals surface area contributed by atoms with Gasteiger partial charge in [-0.25, -0.2) is 0 Å². The summed E-state index contributed by atoms with van der Waals surface area (Å²) >= 11 is 1.04. The zero-order valence-corrected chi connectivity index (χ0v) is 16.4. The van der Waals surface area contributed by atoms with Crippen LogP contribution in [-0.2, 0) is 14.3 Å². The Kier molecular flexibility index (Phi) is 5.62. The summed E-state index contributed by atoms with van der Waals surface area (Å²) in [6, 6.07) is 18.1. The number of hydrogen-bond acceptors (Lipinski definition) is 7. The monoisotopic (exact) mass is 420 g/mol.